The molecule has 0 atom stereocenters. The molecular weight excluding hydrogens is 372 g/mol. The summed E-state index contributed by atoms with van der Waals surface area (Å²) in [5.74, 6) is 1.77. The van der Waals surface area contributed by atoms with Gasteiger partial charge in [-0.2, -0.15) is 0 Å². The number of benzene rings is 1. The van der Waals surface area contributed by atoms with Crippen LogP contribution in [0.15, 0.2) is 69.9 Å². The summed E-state index contributed by atoms with van der Waals surface area (Å²) in [6, 6.07) is 14.5. The van der Waals surface area contributed by atoms with E-state index in [1.54, 1.807) is 18.4 Å². The number of furan rings is 1. The maximum Gasteiger partial charge on any atom is 0.252 e. The summed E-state index contributed by atoms with van der Waals surface area (Å²) in [7, 11) is 0. The highest BCUT2D eigenvalue weighted by molar-refractivity contribution is 9.10. The molecule has 0 aliphatic carbocycles. The zero-order valence-electron chi connectivity index (χ0n) is 12.7. The van der Waals surface area contributed by atoms with E-state index in [-0.39, 0.29) is 5.91 Å². The summed E-state index contributed by atoms with van der Waals surface area (Å²) in [6.07, 6.45) is 3.76. The summed E-state index contributed by atoms with van der Waals surface area (Å²) in [5, 5.41) is 2.83. The molecule has 0 unspecified atom stereocenters. The Balaban J connectivity index is 1.54. The van der Waals surface area contributed by atoms with Gasteiger partial charge in [-0.15, -0.1) is 0 Å². The largest absolute Gasteiger partial charge is 0.469 e. The predicted octanol–water partition coefficient (Wildman–Crippen LogP) is 4.20. The molecule has 0 saturated carbocycles. The minimum Gasteiger partial charge on any atom is -0.469 e. The van der Waals surface area contributed by atoms with E-state index in [1.165, 1.54) is 6.20 Å². The molecule has 0 bridgehead atoms. The number of amides is 1. The first-order chi connectivity index (χ1) is 11.7. The van der Waals surface area contributed by atoms with Crippen LogP contribution in [0.2, 0.25) is 0 Å². The second kappa shape index (κ2) is 7.79. The van der Waals surface area contributed by atoms with Crippen molar-refractivity contribution >= 4 is 21.8 Å². The zero-order chi connectivity index (χ0) is 16.8. The zero-order valence-corrected chi connectivity index (χ0v) is 14.3. The van der Waals surface area contributed by atoms with Crippen LogP contribution >= 0.6 is 15.9 Å². The van der Waals surface area contributed by atoms with Crippen molar-refractivity contribution in [1.29, 1.82) is 0 Å². The molecule has 0 aliphatic rings. The third-order valence-corrected chi connectivity index (χ3v) is 3.75. The van der Waals surface area contributed by atoms with E-state index in [0.717, 1.165) is 10.2 Å². The Labute approximate surface area is 147 Å². The molecule has 3 aromatic rings. The molecule has 2 aromatic heterocycles. The van der Waals surface area contributed by atoms with Crippen LogP contribution < -0.4 is 10.1 Å². The lowest BCUT2D eigenvalue weighted by atomic mass is 10.2. The van der Waals surface area contributed by atoms with Gasteiger partial charge in [0.1, 0.15) is 11.5 Å². The average Bonchev–Trinajstić information content (AvgIpc) is 3.09. The highest BCUT2D eigenvalue weighted by Crippen LogP contribution is 2.22. The summed E-state index contributed by atoms with van der Waals surface area (Å²) in [6.45, 7) is 0.503. The number of aromatic nitrogens is 1. The Kier molecular flexibility index (Phi) is 5.28. The Morgan fingerprint density at radius 3 is 2.83 bits per heavy atom. The Morgan fingerprint density at radius 2 is 2.12 bits per heavy atom. The van der Waals surface area contributed by atoms with Crippen molar-refractivity contribution in [1.82, 2.24) is 10.3 Å². The van der Waals surface area contributed by atoms with Gasteiger partial charge in [0.15, 0.2) is 0 Å². The molecule has 0 saturated heterocycles. The highest BCUT2D eigenvalue weighted by atomic mass is 79.9. The van der Waals surface area contributed by atoms with E-state index < -0.39 is 0 Å². The SMILES string of the molecule is O=C(NCCc1ccco1)c1ccc(Oc2cccc(Br)c2)nc1. The van der Waals surface area contributed by atoms with Crippen molar-refractivity contribution < 1.29 is 13.9 Å². The van der Waals surface area contributed by atoms with Gasteiger partial charge in [0.2, 0.25) is 5.88 Å². The topological polar surface area (TPSA) is 64.4 Å². The first-order valence-electron chi connectivity index (χ1n) is 7.41. The lowest BCUT2D eigenvalue weighted by molar-refractivity contribution is 0.0953. The fraction of sp³-hybridized carbons (Fsp3) is 0.111. The number of carbonyl (C=O) groups is 1. The fourth-order valence-electron chi connectivity index (χ4n) is 2.08. The van der Waals surface area contributed by atoms with Crippen LogP contribution in [-0.4, -0.2) is 17.4 Å². The van der Waals surface area contributed by atoms with Crippen LogP contribution in [-0.2, 0) is 6.42 Å². The van der Waals surface area contributed by atoms with Gasteiger partial charge in [-0.3, -0.25) is 4.79 Å². The Morgan fingerprint density at radius 1 is 1.21 bits per heavy atom. The lowest BCUT2D eigenvalue weighted by Gasteiger charge is -2.07. The average molecular weight is 387 g/mol. The molecule has 2 heterocycles. The summed E-state index contributed by atoms with van der Waals surface area (Å²) >= 11 is 3.38. The number of nitrogens with one attached hydrogen (secondary N) is 1. The number of pyridine rings is 1. The van der Waals surface area contributed by atoms with Gasteiger partial charge in [-0.1, -0.05) is 22.0 Å². The summed E-state index contributed by atoms with van der Waals surface area (Å²) in [5.41, 5.74) is 0.482. The first kappa shape index (κ1) is 16.3. The van der Waals surface area contributed by atoms with Crippen molar-refractivity contribution in [3.8, 4) is 11.6 Å². The minimum absolute atomic E-state index is 0.178. The van der Waals surface area contributed by atoms with Crippen molar-refractivity contribution in [3.05, 3.63) is 76.8 Å². The fourth-order valence-corrected chi connectivity index (χ4v) is 2.46. The van der Waals surface area contributed by atoms with Crippen LogP contribution in [0.4, 0.5) is 0 Å². The van der Waals surface area contributed by atoms with Gasteiger partial charge in [-0.25, -0.2) is 4.98 Å². The van der Waals surface area contributed by atoms with E-state index in [1.807, 2.05) is 36.4 Å². The van der Waals surface area contributed by atoms with Crippen molar-refractivity contribution in [2.45, 2.75) is 6.42 Å². The molecule has 0 fully saturated rings. The number of hydrogen-bond acceptors (Lipinski definition) is 4. The molecule has 0 spiro atoms. The smallest absolute Gasteiger partial charge is 0.252 e. The molecular formula is C18H15BrN2O3. The molecule has 6 heteroatoms. The monoisotopic (exact) mass is 386 g/mol. The number of halogens is 1. The van der Waals surface area contributed by atoms with Crippen molar-refractivity contribution in [2.24, 2.45) is 0 Å². The maximum absolute atomic E-state index is 12.1. The molecule has 122 valence electrons. The second-order valence-electron chi connectivity index (χ2n) is 5.03. The third-order valence-electron chi connectivity index (χ3n) is 3.25. The van der Waals surface area contributed by atoms with E-state index in [4.69, 9.17) is 9.15 Å². The quantitative estimate of drug-likeness (QED) is 0.689. The number of hydrogen-bond donors (Lipinski definition) is 1. The van der Waals surface area contributed by atoms with E-state index in [9.17, 15) is 4.79 Å². The van der Waals surface area contributed by atoms with E-state index >= 15 is 0 Å². The lowest BCUT2D eigenvalue weighted by Crippen LogP contribution is -2.25. The molecule has 0 aliphatic heterocycles. The van der Waals surface area contributed by atoms with Crippen LogP contribution in [0.1, 0.15) is 16.1 Å². The van der Waals surface area contributed by atoms with Crippen LogP contribution in [0.3, 0.4) is 0 Å². The molecule has 0 radical (unpaired) electrons. The number of nitrogens with zero attached hydrogens (tertiary/aromatic N) is 1. The molecule has 1 N–H and O–H groups in total. The van der Waals surface area contributed by atoms with E-state index in [0.29, 0.717) is 30.2 Å². The first-order valence-corrected chi connectivity index (χ1v) is 8.20. The molecule has 24 heavy (non-hydrogen) atoms. The number of ether oxygens (including phenoxy) is 1. The van der Waals surface area contributed by atoms with Gasteiger partial charge >= 0.3 is 0 Å². The van der Waals surface area contributed by atoms with Gasteiger partial charge in [0.05, 0.1) is 11.8 Å². The van der Waals surface area contributed by atoms with Gasteiger partial charge in [0.25, 0.3) is 5.91 Å². The normalized spacial score (nSPS) is 10.4. The molecule has 3 rings (SSSR count). The Bertz CT molecular complexity index is 801. The third kappa shape index (κ3) is 4.45. The second-order valence-corrected chi connectivity index (χ2v) is 5.95. The Hall–Kier alpha value is -2.60. The van der Waals surface area contributed by atoms with Gasteiger partial charge in [-0.05, 0) is 36.4 Å². The van der Waals surface area contributed by atoms with Crippen LogP contribution in [0, 0.1) is 0 Å². The van der Waals surface area contributed by atoms with E-state index in [2.05, 4.69) is 26.2 Å². The van der Waals surface area contributed by atoms with Gasteiger partial charge < -0.3 is 14.5 Å². The molecule has 5 nitrogen and oxygen atoms in total. The predicted molar refractivity (Wildman–Crippen MR) is 93.2 cm³/mol. The molecule has 1 aromatic carbocycles. The van der Waals surface area contributed by atoms with Crippen molar-refractivity contribution in [3.63, 3.8) is 0 Å². The highest BCUT2D eigenvalue weighted by Gasteiger charge is 2.07. The van der Waals surface area contributed by atoms with Gasteiger partial charge in [0, 0.05) is 29.7 Å². The van der Waals surface area contributed by atoms with Crippen molar-refractivity contribution in [2.75, 3.05) is 6.54 Å². The number of rotatable bonds is 6. The number of carbonyl (C=O) groups excluding carboxylic acids is 1. The minimum atomic E-state index is -0.178. The van der Waals surface area contributed by atoms with Crippen LogP contribution in [0.25, 0.3) is 0 Å². The molecule has 1 amide bonds. The van der Waals surface area contributed by atoms with Crippen LogP contribution in [0.5, 0.6) is 11.6 Å². The maximum atomic E-state index is 12.1. The summed E-state index contributed by atoms with van der Waals surface area (Å²) in [4.78, 5) is 16.2. The standard InChI is InChI=1S/C18H15BrN2O3/c19-14-3-1-4-16(11-14)24-17-7-6-13(12-21-17)18(22)20-9-8-15-5-2-10-23-15/h1-7,10-12H,8-9H2,(H,20,22). The summed E-state index contributed by atoms with van der Waals surface area (Å²) < 4.78 is 11.8.